The summed E-state index contributed by atoms with van der Waals surface area (Å²) in [6, 6.07) is 75.9. The molecule has 0 N–H and O–H groups in total. The van der Waals surface area contributed by atoms with Crippen LogP contribution in [0.2, 0.25) is 0 Å². The second-order valence-corrected chi connectivity index (χ2v) is 18.4. The Balaban J connectivity index is 1.05. The van der Waals surface area contributed by atoms with Crippen molar-refractivity contribution in [3.63, 3.8) is 0 Å². The second-order valence-electron chi connectivity index (χ2n) is 18.4. The molecule has 1 heteroatoms. The van der Waals surface area contributed by atoms with E-state index >= 15 is 0 Å². The predicted octanol–water partition coefficient (Wildman–Crippen LogP) is 14.9. The quantitative estimate of drug-likeness (QED) is 0.163. The van der Waals surface area contributed by atoms with E-state index in [0.29, 0.717) is 11.8 Å². The zero-order valence-electron chi connectivity index (χ0n) is 33.8. The van der Waals surface area contributed by atoms with Gasteiger partial charge in [0.05, 0.1) is 5.41 Å². The van der Waals surface area contributed by atoms with E-state index in [1.165, 1.54) is 99.1 Å². The maximum absolute atomic E-state index is 2.58. The molecule has 8 aromatic rings. The number of anilines is 3. The molecule has 60 heavy (non-hydrogen) atoms. The van der Waals surface area contributed by atoms with Gasteiger partial charge in [-0.15, -0.1) is 0 Å². The summed E-state index contributed by atoms with van der Waals surface area (Å²) < 4.78 is 0. The molecule has 0 aliphatic heterocycles. The maximum Gasteiger partial charge on any atom is 0.0714 e. The number of rotatable bonds is 6. The van der Waals surface area contributed by atoms with Crippen LogP contribution in [0.4, 0.5) is 17.1 Å². The Morgan fingerprint density at radius 2 is 0.883 bits per heavy atom. The van der Waals surface area contributed by atoms with E-state index in [0.717, 1.165) is 17.5 Å². The summed E-state index contributed by atoms with van der Waals surface area (Å²) in [4.78, 5) is 2.52. The van der Waals surface area contributed by atoms with Crippen molar-refractivity contribution in [2.75, 3.05) is 4.90 Å². The Kier molecular flexibility index (Phi) is 7.48. The molecule has 14 rings (SSSR count). The first-order valence-electron chi connectivity index (χ1n) is 22.3. The second kappa shape index (κ2) is 13.0. The van der Waals surface area contributed by atoms with Crippen molar-refractivity contribution in [1.82, 2.24) is 0 Å². The van der Waals surface area contributed by atoms with Gasteiger partial charge in [-0.1, -0.05) is 164 Å². The zero-order chi connectivity index (χ0) is 39.4. The summed E-state index contributed by atoms with van der Waals surface area (Å²) in [5.41, 5.74) is 19.8. The third kappa shape index (κ3) is 4.64. The van der Waals surface area contributed by atoms with E-state index in [4.69, 9.17) is 0 Å². The first kappa shape index (κ1) is 34.4. The molecule has 0 heterocycles. The molecule has 0 unspecified atom stereocenters. The molecule has 6 aliphatic rings. The first-order valence-corrected chi connectivity index (χ1v) is 22.3. The monoisotopic (exact) mass is 769 g/mol. The molecule has 8 aromatic carbocycles. The molecule has 4 fully saturated rings. The Morgan fingerprint density at radius 3 is 1.57 bits per heavy atom. The standard InChI is InChI=1S/C59H47N/c1-5-16-41(17-6-1)49-25-15-27-55-57(49)52-37-47(29-31-54(52)59(55)44-33-39-32-40(35-44)36-45(59)34-39)60(46-22-11-4-12-23-46)48-28-30-51-50-24-13-14-26-53(50)58(56(51)38-48,42-18-7-2-8-19-42)43-20-9-3-10-21-43/h1-31,37-40,44-45H,32-36H2. The summed E-state index contributed by atoms with van der Waals surface area (Å²) in [5.74, 6) is 3.22. The van der Waals surface area contributed by atoms with Gasteiger partial charge in [0.1, 0.15) is 0 Å². The lowest BCUT2D eigenvalue weighted by Gasteiger charge is -2.61. The van der Waals surface area contributed by atoms with Crippen molar-refractivity contribution in [2.24, 2.45) is 23.7 Å². The Hall–Kier alpha value is -6.44. The van der Waals surface area contributed by atoms with Crippen LogP contribution in [0.5, 0.6) is 0 Å². The van der Waals surface area contributed by atoms with Crippen LogP contribution < -0.4 is 4.90 Å². The fraction of sp³-hybridized carbons (Fsp3) is 0.186. The lowest BCUT2D eigenvalue weighted by Crippen LogP contribution is -2.55. The Labute approximate surface area is 354 Å². The normalized spacial score (nSPS) is 23.2. The fourth-order valence-electron chi connectivity index (χ4n) is 13.8. The lowest BCUT2D eigenvalue weighted by atomic mass is 9.43. The minimum Gasteiger partial charge on any atom is -0.310 e. The Morgan fingerprint density at radius 1 is 0.350 bits per heavy atom. The fourth-order valence-corrected chi connectivity index (χ4v) is 13.8. The van der Waals surface area contributed by atoms with Crippen molar-refractivity contribution in [3.05, 3.63) is 234 Å². The minimum absolute atomic E-state index is 0.0866. The van der Waals surface area contributed by atoms with Crippen molar-refractivity contribution >= 4 is 17.1 Å². The molecule has 0 saturated heterocycles. The molecule has 288 valence electrons. The van der Waals surface area contributed by atoms with E-state index in [1.54, 1.807) is 11.1 Å². The van der Waals surface area contributed by atoms with Crippen LogP contribution in [0.25, 0.3) is 33.4 Å². The summed E-state index contributed by atoms with van der Waals surface area (Å²) in [7, 11) is 0. The van der Waals surface area contributed by atoms with Crippen LogP contribution in [0.15, 0.2) is 200 Å². The molecule has 4 bridgehead atoms. The summed E-state index contributed by atoms with van der Waals surface area (Å²) >= 11 is 0. The van der Waals surface area contributed by atoms with Gasteiger partial charge in [-0.05, 0) is 159 Å². The third-order valence-electron chi connectivity index (χ3n) is 15.7. The molecule has 1 spiro atoms. The topological polar surface area (TPSA) is 3.24 Å². The van der Waals surface area contributed by atoms with E-state index in [-0.39, 0.29) is 5.41 Å². The lowest BCUT2D eigenvalue weighted by molar-refractivity contribution is -0.0399. The molecule has 0 aromatic heterocycles. The maximum atomic E-state index is 2.58. The van der Waals surface area contributed by atoms with E-state index in [2.05, 4.69) is 205 Å². The van der Waals surface area contributed by atoms with Crippen LogP contribution in [0, 0.1) is 23.7 Å². The van der Waals surface area contributed by atoms with Crippen LogP contribution >= 0.6 is 0 Å². The highest BCUT2D eigenvalue weighted by Crippen LogP contribution is 2.70. The molecule has 0 atom stereocenters. The molecule has 0 radical (unpaired) electrons. The van der Waals surface area contributed by atoms with Gasteiger partial charge < -0.3 is 4.90 Å². The highest BCUT2D eigenvalue weighted by molar-refractivity contribution is 5.96. The van der Waals surface area contributed by atoms with Crippen LogP contribution in [0.1, 0.15) is 65.5 Å². The SMILES string of the molecule is c1ccc(-c2cccc3c2-c2cc(N(c4ccccc4)c4ccc5c(c4)C(c4ccccc4)(c4ccccc4)c4ccccc4-5)ccc2C32C3CC4CC(C3)CC2C4)cc1. The van der Waals surface area contributed by atoms with Gasteiger partial charge in [0.2, 0.25) is 0 Å². The van der Waals surface area contributed by atoms with Crippen LogP contribution in [-0.2, 0) is 10.8 Å². The highest BCUT2D eigenvalue weighted by Gasteiger charge is 2.62. The van der Waals surface area contributed by atoms with Gasteiger partial charge in [-0.3, -0.25) is 0 Å². The molecular formula is C59H47N. The Bertz CT molecular complexity index is 2860. The summed E-state index contributed by atoms with van der Waals surface area (Å²) in [5, 5.41) is 0. The zero-order valence-corrected chi connectivity index (χ0v) is 33.8. The summed E-state index contributed by atoms with van der Waals surface area (Å²) in [6.07, 6.45) is 6.96. The van der Waals surface area contributed by atoms with E-state index < -0.39 is 5.41 Å². The molecule has 0 amide bonds. The van der Waals surface area contributed by atoms with E-state index in [1.807, 2.05) is 0 Å². The van der Waals surface area contributed by atoms with Crippen LogP contribution in [-0.4, -0.2) is 0 Å². The molecule has 6 aliphatic carbocycles. The van der Waals surface area contributed by atoms with E-state index in [9.17, 15) is 0 Å². The van der Waals surface area contributed by atoms with Gasteiger partial charge in [0, 0.05) is 22.5 Å². The largest absolute Gasteiger partial charge is 0.310 e. The molecule has 4 saturated carbocycles. The van der Waals surface area contributed by atoms with Gasteiger partial charge in [-0.25, -0.2) is 0 Å². The average Bonchev–Trinajstić information content (AvgIpc) is 3.77. The smallest absolute Gasteiger partial charge is 0.0714 e. The number of fused-ring (bicyclic) bond motifs is 6. The van der Waals surface area contributed by atoms with Gasteiger partial charge in [0.25, 0.3) is 0 Å². The molecular weight excluding hydrogens is 723 g/mol. The number of hydrogen-bond acceptors (Lipinski definition) is 1. The van der Waals surface area contributed by atoms with Gasteiger partial charge in [0.15, 0.2) is 0 Å². The number of nitrogens with zero attached hydrogens (tertiary/aromatic N) is 1. The highest BCUT2D eigenvalue weighted by atomic mass is 15.1. The first-order chi connectivity index (χ1) is 29.7. The van der Waals surface area contributed by atoms with Crippen molar-refractivity contribution in [1.29, 1.82) is 0 Å². The van der Waals surface area contributed by atoms with Crippen molar-refractivity contribution < 1.29 is 0 Å². The third-order valence-corrected chi connectivity index (χ3v) is 15.7. The van der Waals surface area contributed by atoms with Crippen molar-refractivity contribution in [2.45, 2.75) is 42.9 Å². The average molecular weight is 770 g/mol. The number of hydrogen-bond donors (Lipinski definition) is 0. The predicted molar refractivity (Wildman–Crippen MR) is 247 cm³/mol. The minimum atomic E-state index is -0.472. The molecule has 1 nitrogen and oxygen atoms in total. The number of para-hydroxylation sites is 1. The van der Waals surface area contributed by atoms with Crippen molar-refractivity contribution in [3.8, 4) is 33.4 Å². The van der Waals surface area contributed by atoms with Crippen LogP contribution in [0.3, 0.4) is 0 Å². The summed E-state index contributed by atoms with van der Waals surface area (Å²) in [6.45, 7) is 0. The van der Waals surface area contributed by atoms with Gasteiger partial charge in [-0.2, -0.15) is 0 Å². The van der Waals surface area contributed by atoms with Gasteiger partial charge >= 0.3 is 0 Å². The number of benzene rings is 8.